The van der Waals surface area contributed by atoms with Crippen LogP contribution in [0, 0.1) is 5.82 Å². The zero-order valence-corrected chi connectivity index (χ0v) is 12.1. The van der Waals surface area contributed by atoms with Crippen LogP contribution in [-0.2, 0) is 9.53 Å². The molecule has 0 aliphatic heterocycles. The number of hydrogen-bond acceptors (Lipinski definition) is 3. The summed E-state index contributed by atoms with van der Waals surface area (Å²) in [5.74, 6) is -0.734. The number of benzene rings is 1. The topological polar surface area (TPSA) is 38.3 Å². The van der Waals surface area contributed by atoms with Gasteiger partial charge in [-0.05, 0) is 31.5 Å². The van der Waals surface area contributed by atoms with Gasteiger partial charge in [0.2, 0.25) is 0 Å². The normalized spacial score (nSPS) is 12.0. The summed E-state index contributed by atoms with van der Waals surface area (Å²) in [5, 5.41) is 2.89. The third-order valence-electron chi connectivity index (χ3n) is 2.41. The van der Waals surface area contributed by atoms with E-state index < -0.39 is 6.04 Å². The molecule has 1 atom stereocenters. The first kappa shape index (κ1) is 15.0. The zero-order valence-electron chi connectivity index (χ0n) is 10.5. The second kappa shape index (κ2) is 7.36. The van der Waals surface area contributed by atoms with Gasteiger partial charge in [-0.1, -0.05) is 29.3 Å². The third kappa shape index (κ3) is 4.29. The Morgan fingerprint density at radius 1 is 1.50 bits per heavy atom. The molecule has 1 aromatic rings. The number of carbonyl (C=O) groups excluding carboxylic acids is 1. The summed E-state index contributed by atoms with van der Waals surface area (Å²) in [6.07, 6.45) is 1.41. The largest absolute Gasteiger partial charge is 0.464 e. The summed E-state index contributed by atoms with van der Waals surface area (Å²) < 4.78 is 19.3. The van der Waals surface area contributed by atoms with Gasteiger partial charge < -0.3 is 10.1 Å². The fraction of sp³-hybridized carbons (Fsp3) is 0.462. The highest BCUT2D eigenvalue weighted by atomic mass is 79.9. The lowest BCUT2D eigenvalue weighted by atomic mass is 10.1. The van der Waals surface area contributed by atoms with Crippen LogP contribution in [-0.4, -0.2) is 18.6 Å². The van der Waals surface area contributed by atoms with E-state index >= 15 is 0 Å². The molecule has 0 aliphatic carbocycles. The minimum absolute atomic E-state index is 0.302. The summed E-state index contributed by atoms with van der Waals surface area (Å²) in [6.45, 7) is 4.04. The molecule has 0 fully saturated rings. The van der Waals surface area contributed by atoms with E-state index in [0.29, 0.717) is 18.7 Å². The molecule has 1 N–H and O–H groups in total. The van der Waals surface area contributed by atoms with Gasteiger partial charge in [0.25, 0.3) is 0 Å². The van der Waals surface area contributed by atoms with Crippen LogP contribution in [0.5, 0.6) is 0 Å². The predicted molar refractivity (Wildman–Crippen MR) is 73.1 cm³/mol. The lowest BCUT2D eigenvalue weighted by Gasteiger charge is -2.18. The summed E-state index contributed by atoms with van der Waals surface area (Å²) >= 11 is 3.27. The Morgan fingerprint density at radius 2 is 2.22 bits per heavy atom. The molecule has 0 spiro atoms. The van der Waals surface area contributed by atoms with Crippen molar-refractivity contribution in [2.75, 3.05) is 11.9 Å². The van der Waals surface area contributed by atoms with Crippen LogP contribution in [0.25, 0.3) is 0 Å². The van der Waals surface area contributed by atoms with Crippen molar-refractivity contribution in [2.24, 2.45) is 0 Å². The van der Waals surface area contributed by atoms with Crippen molar-refractivity contribution in [2.45, 2.75) is 32.7 Å². The average molecular weight is 318 g/mol. The van der Waals surface area contributed by atoms with Crippen molar-refractivity contribution in [3.63, 3.8) is 0 Å². The van der Waals surface area contributed by atoms with Gasteiger partial charge in [-0.25, -0.2) is 9.18 Å². The Labute approximate surface area is 115 Å². The number of ether oxygens (including phenoxy) is 1. The van der Waals surface area contributed by atoms with Crippen molar-refractivity contribution in [1.82, 2.24) is 0 Å². The molecule has 0 aromatic heterocycles. The number of carbonyl (C=O) groups is 1. The highest BCUT2D eigenvalue weighted by Gasteiger charge is 2.19. The lowest BCUT2D eigenvalue weighted by molar-refractivity contribution is -0.144. The molecule has 1 unspecified atom stereocenters. The van der Waals surface area contributed by atoms with Crippen molar-refractivity contribution in [3.05, 3.63) is 28.5 Å². The fourth-order valence-electron chi connectivity index (χ4n) is 1.58. The zero-order chi connectivity index (χ0) is 13.5. The number of esters is 1. The van der Waals surface area contributed by atoms with Crippen molar-refractivity contribution in [1.29, 1.82) is 0 Å². The van der Waals surface area contributed by atoms with E-state index in [1.165, 1.54) is 6.07 Å². The minimum atomic E-state index is -0.515. The quantitative estimate of drug-likeness (QED) is 0.812. The second-order valence-electron chi connectivity index (χ2n) is 3.86. The predicted octanol–water partition coefficient (Wildman–Crippen LogP) is 3.73. The summed E-state index contributed by atoms with van der Waals surface area (Å²) in [5.41, 5.74) is 0.302. The van der Waals surface area contributed by atoms with Crippen LogP contribution in [0.1, 0.15) is 26.7 Å². The summed E-state index contributed by atoms with van der Waals surface area (Å²) in [6, 6.07) is 4.05. The maximum absolute atomic E-state index is 13.6. The van der Waals surface area contributed by atoms with Gasteiger partial charge >= 0.3 is 5.97 Å². The molecule has 0 amide bonds. The molecular formula is C13H17BrFNO2. The molecule has 0 heterocycles. The van der Waals surface area contributed by atoms with Gasteiger partial charge in [-0.2, -0.15) is 0 Å². The van der Waals surface area contributed by atoms with Crippen LogP contribution < -0.4 is 5.32 Å². The highest BCUT2D eigenvalue weighted by molar-refractivity contribution is 9.10. The van der Waals surface area contributed by atoms with Crippen LogP contribution in [0.15, 0.2) is 22.7 Å². The second-order valence-corrected chi connectivity index (χ2v) is 4.78. The Hall–Kier alpha value is -1.10. The Morgan fingerprint density at radius 3 is 2.83 bits per heavy atom. The lowest BCUT2D eigenvalue weighted by Crippen LogP contribution is -2.31. The summed E-state index contributed by atoms with van der Waals surface area (Å²) in [4.78, 5) is 11.7. The van der Waals surface area contributed by atoms with Gasteiger partial charge in [0.1, 0.15) is 11.9 Å². The Kier molecular flexibility index (Phi) is 6.12. The van der Waals surface area contributed by atoms with Crippen LogP contribution in [0.3, 0.4) is 0 Å². The Balaban J connectivity index is 2.82. The number of nitrogens with one attached hydrogen (secondary N) is 1. The first-order valence-corrected chi connectivity index (χ1v) is 6.76. The van der Waals surface area contributed by atoms with Gasteiger partial charge in [0.05, 0.1) is 12.3 Å². The average Bonchev–Trinajstić information content (AvgIpc) is 2.33. The first-order valence-electron chi connectivity index (χ1n) is 5.96. The number of rotatable bonds is 6. The van der Waals surface area contributed by atoms with Crippen LogP contribution in [0.4, 0.5) is 10.1 Å². The molecule has 0 aliphatic rings. The van der Waals surface area contributed by atoms with E-state index in [-0.39, 0.29) is 11.8 Å². The van der Waals surface area contributed by atoms with Crippen molar-refractivity contribution >= 4 is 27.6 Å². The molecule has 5 heteroatoms. The van der Waals surface area contributed by atoms with E-state index in [1.54, 1.807) is 19.1 Å². The smallest absolute Gasteiger partial charge is 0.328 e. The maximum Gasteiger partial charge on any atom is 0.328 e. The number of anilines is 1. The minimum Gasteiger partial charge on any atom is -0.464 e. The molecule has 0 radical (unpaired) electrons. The molecule has 1 aromatic carbocycles. The molecular weight excluding hydrogens is 301 g/mol. The van der Waals surface area contributed by atoms with E-state index in [1.807, 2.05) is 6.92 Å². The van der Waals surface area contributed by atoms with Crippen molar-refractivity contribution < 1.29 is 13.9 Å². The van der Waals surface area contributed by atoms with E-state index in [0.717, 1.165) is 10.9 Å². The van der Waals surface area contributed by atoms with Gasteiger partial charge in [-0.15, -0.1) is 0 Å². The monoisotopic (exact) mass is 317 g/mol. The van der Waals surface area contributed by atoms with E-state index in [4.69, 9.17) is 4.74 Å². The molecule has 0 bridgehead atoms. The summed E-state index contributed by atoms with van der Waals surface area (Å²) in [7, 11) is 0. The fourth-order valence-corrected chi connectivity index (χ4v) is 1.94. The SMILES string of the molecule is CCCC(Nc1cc(Br)ccc1F)C(=O)OCC. The van der Waals surface area contributed by atoms with Gasteiger partial charge in [0.15, 0.2) is 0 Å². The van der Waals surface area contributed by atoms with Crippen molar-refractivity contribution in [3.8, 4) is 0 Å². The molecule has 18 heavy (non-hydrogen) atoms. The van der Waals surface area contributed by atoms with E-state index in [9.17, 15) is 9.18 Å². The maximum atomic E-state index is 13.6. The van der Waals surface area contributed by atoms with Gasteiger partial charge in [-0.3, -0.25) is 0 Å². The third-order valence-corrected chi connectivity index (χ3v) is 2.90. The van der Waals surface area contributed by atoms with E-state index in [2.05, 4.69) is 21.2 Å². The molecule has 3 nitrogen and oxygen atoms in total. The standard InChI is InChI=1S/C13H17BrFNO2/c1-3-5-11(13(17)18-4-2)16-12-8-9(14)6-7-10(12)15/h6-8,11,16H,3-5H2,1-2H3. The first-order chi connectivity index (χ1) is 8.58. The van der Waals surface area contributed by atoms with Crippen LogP contribution >= 0.6 is 15.9 Å². The van der Waals surface area contributed by atoms with Gasteiger partial charge in [0, 0.05) is 4.47 Å². The highest BCUT2D eigenvalue weighted by Crippen LogP contribution is 2.21. The van der Waals surface area contributed by atoms with Crippen LogP contribution in [0.2, 0.25) is 0 Å². The Bertz CT molecular complexity index is 412. The molecule has 1 rings (SSSR count). The molecule has 100 valence electrons. The number of halogens is 2. The molecule has 0 saturated heterocycles. The molecule has 0 saturated carbocycles. The number of hydrogen-bond donors (Lipinski definition) is 1.